The second-order valence-electron chi connectivity index (χ2n) is 6.50. The summed E-state index contributed by atoms with van der Waals surface area (Å²) >= 11 is 0. The van der Waals surface area contributed by atoms with Gasteiger partial charge in [0.2, 0.25) is 0 Å². The summed E-state index contributed by atoms with van der Waals surface area (Å²) in [5.41, 5.74) is 2.18. The third-order valence-corrected chi connectivity index (χ3v) is 5.17. The van der Waals surface area contributed by atoms with E-state index in [1.807, 2.05) is 24.5 Å². The van der Waals surface area contributed by atoms with E-state index in [4.69, 9.17) is 9.15 Å². The topological polar surface area (TPSA) is 42.7 Å². The van der Waals surface area contributed by atoms with E-state index in [1.165, 1.54) is 18.1 Å². The summed E-state index contributed by atoms with van der Waals surface area (Å²) < 4.78 is 10.6. The van der Waals surface area contributed by atoms with Crippen LogP contribution in [0.4, 0.5) is 0 Å². The minimum Gasteiger partial charge on any atom is -0.469 e. The number of benzene rings is 1. The number of hydrogen-bond donors (Lipinski definition) is 0. The molecule has 2 aromatic rings. The molecule has 3 aliphatic rings. The van der Waals surface area contributed by atoms with Crippen molar-refractivity contribution in [3.8, 4) is 0 Å². The van der Waals surface area contributed by atoms with Crippen molar-refractivity contribution in [1.29, 1.82) is 0 Å². The molecule has 23 heavy (non-hydrogen) atoms. The van der Waals surface area contributed by atoms with Gasteiger partial charge in [-0.3, -0.25) is 9.69 Å². The van der Waals surface area contributed by atoms with Gasteiger partial charge in [-0.1, -0.05) is 30.4 Å². The summed E-state index contributed by atoms with van der Waals surface area (Å²) in [7, 11) is 1.48. The lowest BCUT2D eigenvalue weighted by Gasteiger charge is -2.45. The van der Waals surface area contributed by atoms with Crippen molar-refractivity contribution in [2.75, 3.05) is 20.2 Å². The highest BCUT2D eigenvalue weighted by Crippen LogP contribution is 2.35. The first-order valence-electron chi connectivity index (χ1n) is 8.21. The van der Waals surface area contributed by atoms with Gasteiger partial charge in [0.1, 0.15) is 5.58 Å². The lowest BCUT2D eigenvalue weighted by molar-refractivity contribution is -0.150. The number of carbonyl (C=O) groups excluding carboxylic acids is 1. The maximum absolute atomic E-state index is 12.0. The quantitative estimate of drug-likeness (QED) is 0.643. The highest BCUT2D eigenvalue weighted by atomic mass is 16.5. The third kappa shape index (κ3) is 2.57. The summed E-state index contributed by atoms with van der Waals surface area (Å²) in [6.07, 6.45) is 8.15. The highest BCUT2D eigenvalue weighted by molar-refractivity contribution is 5.80. The number of ether oxygens (including phenoxy) is 1. The molecule has 5 rings (SSSR count). The number of rotatable bonds is 4. The zero-order chi connectivity index (χ0) is 15.8. The van der Waals surface area contributed by atoms with Crippen LogP contribution in [0.1, 0.15) is 12.0 Å². The zero-order valence-corrected chi connectivity index (χ0v) is 13.3. The molecule has 4 heteroatoms. The van der Waals surface area contributed by atoms with Crippen LogP contribution in [-0.2, 0) is 16.0 Å². The molecule has 0 radical (unpaired) electrons. The lowest BCUT2D eigenvalue weighted by atomic mass is 9.77. The normalized spacial score (nSPS) is 26.7. The van der Waals surface area contributed by atoms with E-state index >= 15 is 0 Å². The summed E-state index contributed by atoms with van der Waals surface area (Å²) in [6.45, 7) is 1.97. The number of fused-ring (bicyclic) bond motifs is 3. The van der Waals surface area contributed by atoms with Crippen molar-refractivity contribution < 1.29 is 13.9 Å². The fourth-order valence-corrected chi connectivity index (χ4v) is 4.00. The minimum absolute atomic E-state index is 0.0233. The first kappa shape index (κ1) is 14.5. The second kappa shape index (κ2) is 5.85. The van der Waals surface area contributed by atoms with E-state index in [9.17, 15) is 4.79 Å². The third-order valence-electron chi connectivity index (χ3n) is 5.17. The van der Waals surface area contributed by atoms with Crippen molar-refractivity contribution >= 4 is 16.9 Å². The number of hydrogen-bond acceptors (Lipinski definition) is 4. The number of nitrogens with zero attached hydrogens (tertiary/aromatic N) is 1. The number of piperidine rings is 1. The van der Waals surface area contributed by atoms with Gasteiger partial charge in [-0.25, -0.2) is 0 Å². The predicted molar refractivity (Wildman–Crippen MR) is 88.0 cm³/mol. The van der Waals surface area contributed by atoms with Gasteiger partial charge in [0.25, 0.3) is 0 Å². The molecule has 0 saturated carbocycles. The first-order valence-corrected chi connectivity index (χ1v) is 8.21. The van der Waals surface area contributed by atoms with E-state index in [0.29, 0.717) is 5.92 Å². The van der Waals surface area contributed by atoms with Gasteiger partial charge in [-0.2, -0.15) is 0 Å². The minimum atomic E-state index is -0.0807. The Morgan fingerprint density at radius 3 is 3.04 bits per heavy atom. The average molecular weight is 311 g/mol. The lowest BCUT2D eigenvalue weighted by Crippen LogP contribution is -2.53. The van der Waals surface area contributed by atoms with Crippen LogP contribution in [0.2, 0.25) is 0 Å². The fourth-order valence-electron chi connectivity index (χ4n) is 4.00. The molecule has 0 N–H and O–H groups in total. The van der Waals surface area contributed by atoms with Crippen LogP contribution >= 0.6 is 0 Å². The largest absolute Gasteiger partial charge is 0.469 e. The Morgan fingerprint density at radius 1 is 1.35 bits per heavy atom. The van der Waals surface area contributed by atoms with Gasteiger partial charge in [-0.15, -0.1) is 0 Å². The van der Waals surface area contributed by atoms with Gasteiger partial charge in [0.05, 0.1) is 19.3 Å². The molecule has 1 aromatic heterocycles. The molecule has 2 aliphatic heterocycles. The summed E-state index contributed by atoms with van der Waals surface area (Å²) in [4.78, 5) is 14.4. The first-order chi connectivity index (χ1) is 11.3. The standard InChI is InChI=1S/C19H21NO3/c1-22-19(21)16-10-13-6-7-17(16)20(11-13)9-8-14-12-23-18-5-3-2-4-15(14)18/h2-7,12-13,16-17H,8-11H2,1H3/t13-,16+,17+/m1/s1. The number of carbonyl (C=O) groups is 1. The molecular formula is C19H21NO3. The van der Waals surface area contributed by atoms with E-state index in [1.54, 1.807) is 0 Å². The van der Waals surface area contributed by atoms with Crippen LogP contribution < -0.4 is 0 Å². The molecule has 1 aromatic carbocycles. The van der Waals surface area contributed by atoms with Crippen molar-refractivity contribution in [2.45, 2.75) is 18.9 Å². The Labute approximate surface area is 135 Å². The van der Waals surface area contributed by atoms with Crippen molar-refractivity contribution in [1.82, 2.24) is 4.90 Å². The van der Waals surface area contributed by atoms with E-state index in [0.717, 1.165) is 31.5 Å². The number of para-hydroxylation sites is 1. The second-order valence-corrected chi connectivity index (χ2v) is 6.50. The Morgan fingerprint density at radius 2 is 2.22 bits per heavy atom. The molecule has 3 atom stereocenters. The molecule has 2 bridgehead atoms. The van der Waals surface area contributed by atoms with Crippen LogP contribution in [0.25, 0.3) is 11.0 Å². The van der Waals surface area contributed by atoms with Gasteiger partial charge < -0.3 is 9.15 Å². The maximum Gasteiger partial charge on any atom is 0.310 e. The SMILES string of the molecule is COC(=O)[C@H]1C[C@H]2C=C[C@@H]1N(CCc1coc3ccccc13)C2. The van der Waals surface area contributed by atoms with E-state index in [-0.39, 0.29) is 17.9 Å². The zero-order valence-electron chi connectivity index (χ0n) is 13.3. The maximum atomic E-state index is 12.0. The molecular weight excluding hydrogens is 290 g/mol. The average Bonchev–Trinajstić information content (AvgIpc) is 3.03. The molecule has 1 aliphatic carbocycles. The number of methoxy groups -OCH3 is 1. The number of esters is 1. The van der Waals surface area contributed by atoms with Gasteiger partial charge in [0.15, 0.2) is 0 Å². The molecule has 0 spiro atoms. The molecule has 3 heterocycles. The number of furan rings is 1. The van der Waals surface area contributed by atoms with E-state index in [2.05, 4.69) is 23.1 Å². The van der Waals surface area contributed by atoms with Crippen LogP contribution in [0, 0.1) is 11.8 Å². The fraction of sp³-hybridized carbons (Fsp3) is 0.421. The van der Waals surface area contributed by atoms with Crippen molar-refractivity contribution in [2.24, 2.45) is 11.8 Å². The molecule has 0 amide bonds. The molecule has 1 saturated heterocycles. The Bertz CT molecular complexity index is 748. The Kier molecular flexibility index (Phi) is 3.69. The Balaban J connectivity index is 1.49. The summed E-state index contributed by atoms with van der Waals surface area (Å²) in [5.74, 6) is 0.359. The molecule has 1 fully saturated rings. The van der Waals surface area contributed by atoms with Crippen molar-refractivity contribution in [3.63, 3.8) is 0 Å². The summed E-state index contributed by atoms with van der Waals surface area (Å²) in [6, 6.07) is 8.31. The highest BCUT2D eigenvalue weighted by Gasteiger charge is 2.41. The van der Waals surface area contributed by atoms with Gasteiger partial charge in [-0.05, 0) is 30.4 Å². The monoisotopic (exact) mass is 311 g/mol. The summed E-state index contributed by atoms with van der Waals surface area (Å²) in [5, 5.41) is 1.19. The predicted octanol–water partition coefficient (Wildman–Crippen LogP) is 3.02. The Hall–Kier alpha value is -2.07. The molecule has 4 nitrogen and oxygen atoms in total. The van der Waals surface area contributed by atoms with Crippen LogP contribution in [0.5, 0.6) is 0 Å². The van der Waals surface area contributed by atoms with Crippen LogP contribution in [0.15, 0.2) is 47.1 Å². The van der Waals surface area contributed by atoms with Crippen molar-refractivity contribution in [3.05, 3.63) is 48.2 Å². The van der Waals surface area contributed by atoms with Gasteiger partial charge >= 0.3 is 5.97 Å². The smallest absolute Gasteiger partial charge is 0.310 e. The van der Waals surface area contributed by atoms with Crippen LogP contribution in [0.3, 0.4) is 0 Å². The van der Waals surface area contributed by atoms with Gasteiger partial charge in [0, 0.05) is 24.5 Å². The van der Waals surface area contributed by atoms with E-state index < -0.39 is 0 Å². The molecule has 120 valence electrons. The molecule has 0 unspecified atom stereocenters. The van der Waals surface area contributed by atoms with Crippen LogP contribution in [-0.4, -0.2) is 37.1 Å².